The number of hydrogen-bond acceptors (Lipinski definition) is 4. The molecule has 0 spiro atoms. The maximum Gasteiger partial charge on any atom is 0.308 e. The first kappa shape index (κ1) is 17.9. The molecule has 1 aromatic heterocycles. The van der Waals surface area contributed by atoms with Gasteiger partial charge in [0.15, 0.2) is 0 Å². The lowest BCUT2D eigenvalue weighted by molar-refractivity contribution is -0.145. The molecule has 0 bridgehead atoms. The molecule has 1 amide bonds. The molecule has 2 aromatic rings. The molecule has 1 unspecified atom stereocenters. The minimum absolute atomic E-state index is 0.0592. The van der Waals surface area contributed by atoms with Crippen molar-refractivity contribution in [1.29, 1.82) is 0 Å². The van der Waals surface area contributed by atoms with Gasteiger partial charge in [0.05, 0.1) is 12.5 Å². The minimum Gasteiger partial charge on any atom is -0.461 e. The molecule has 0 saturated carbocycles. The maximum absolute atomic E-state index is 12.1. The van der Waals surface area contributed by atoms with Gasteiger partial charge >= 0.3 is 5.97 Å². The van der Waals surface area contributed by atoms with Crippen molar-refractivity contribution in [3.05, 3.63) is 64.4 Å². The lowest BCUT2D eigenvalue weighted by atomic mass is 10.0. The summed E-state index contributed by atoms with van der Waals surface area (Å²) in [6.45, 7) is 3.52. The number of carbonyl (C=O) groups excluding carboxylic acids is 2. The van der Waals surface area contributed by atoms with Gasteiger partial charge in [0.25, 0.3) is 0 Å². The number of aromatic nitrogens is 1. The fraction of sp³-hybridized carbons (Fsp3) is 0.278. The second-order valence-corrected chi connectivity index (χ2v) is 5.91. The third kappa shape index (κ3) is 5.66. The maximum atomic E-state index is 12.1. The van der Waals surface area contributed by atoms with Crippen LogP contribution in [0.4, 0.5) is 0 Å². The highest BCUT2D eigenvalue weighted by atomic mass is 35.5. The van der Waals surface area contributed by atoms with E-state index in [1.54, 1.807) is 18.3 Å². The minimum atomic E-state index is -0.418. The van der Waals surface area contributed by atoms with Gasteiger partial charge in [-0.2, -0.15) is 0 Å². The van der Waals surface area contributed by atoms with Crippen LogP contribution in [0.1, 0.15) is 36.1 Å². The Kier molecular flexibility index (Phi) is 6.32. The second kappa shape index (κ2) is 8.45. The largest absolute Gasteiger partial charge is 0.461 e. The summed E-state index contributed by atoms with van der Waals surface area (Å²) >= 11 is 5.71. The third-order valence-electron chi connectivity index (χ3n) is 3.42. The molecule has 5 nitrogen and oxygen atoms in total. The van der Waals surface area contributed by atoms with E-state index in [1.165, 1.54) is 6.92 Å². The standard InChI is InChI=1S/C18H19ClN2O3/c1-12-3-6-15(7-4-12)16(21-13(2)22)9-18(23)24-11-14-5-8-17(19)20-10-14/h3-8,10,16H,9,11H2,1-2H3,(H,21,22). The van der Waals surface area contributed by atoms with E-state index in [1.807, 2.05) is 31.2 Å². The first-order valence-corrected chi connectivity index (χ1v) is 7.91. The van der Waals surface area contributed by atoms with Crippen molar-refractivity contribution in [2.75, 3.05) is 0 Å². The van der Waals surface area contributed by atoms with Gasteiger partial charge in [0.1, 0.15) is 11.8 Å². The van der Waals surface area contributed by atoms with Crippen molar-refractivity contribution >= 4 is 23.5 Å². The first-order valence-electron chi connectivity index (χ1n) is 7.54. The Morgan fingerprint density at radius 1 is 1.21 bits per heavy atom. The summed E-state index contributed by atoms with van der Waals surface area (Å²) in [5.74, 6) is -0.598. The molecule has 0 aliphatic carbocycles. The van der Waals surface area contributed by atoms with Crippen LogP contribution in [0.15, 0.2) is 42.6 Å². The average molecular weight is 347 g/mol. The Morgan fingerprint density at radius 3 is 2.50 bits per heavy atom. The van der Waals surface area contributed by atoms with Crippen molar-refractivity contribution in [3.8, 4) is 0 Å². The van der Waals surface area contributed by atoms with E-state index < -0.39 is 12.0 Å². The molecule has 0 radical (unpaired) electrons. The Bertz CT molecular complexity index is 699. The number of halogens is 1. The van der Waals surface area contributed by atoms with Crippen molar-refractivity contribution in [3.63, 3.8) is 0 Å². The quantitative estimate of drug-likeness (QED) is 0.643. The van der Waals surface area contributed by atoms with Gasteiger partial charge in [-0.3, -0.25) is 9.59 Å². The molecule has 24 heavy (non-hydrogen) atoms. The number of ether oxygens (including phenoxy) is 1. The summed E-state index contributed by atoms with van der Waals surface area (Å²) in [4.78, 5) is 27.4. The van der Waals surface area contributed by atoms with Gasteiger partial charge in [0, 0.05) is 18.7 Å². The van der Waals surface area contributed by atoms with Gasteiger partial charge in [-0.15, -0.1) is 0 Å². The van der Waals surface area contributed by atoms with E-state index in [4.69, 9.17) is 16.3 Å². The van der Waals surface area contributed by atoms with Gasteiger partial charge in [-0.25, -0.2) is 4.98 Å². The number of amides is 1. The number of nitrogens with one attached hydrogen (secondary N) is 1. The number of aryl methyl sites for hydroxylation is 1. The van der Waals surface area contributed by atoms with E-state index in [-0.39, 0.29) is 18.9 Å². The van der Waals surface area contributed by atoms with Crippen LogP contribution in [-0.4, -0.2) is 16.9 Å². The Labute approximate surface area is 146 Å². The Balaban J connectivity index is 1.97. The monoisotopic (exact) mass is 346 g/mol. The SMILES string of the molecule is CC(=O)NC(CC(=O)OCc1ccc(Cl)nc1)c1ccc(C)cc1. The van der Waals surface area contributed by atoms with Crippen molar-refractivity contribution in [2.24, 2.45) is 0 Å². The van der Waals surface area contributed by atoms with E-state index >= 15 is 0 Å². The molecule has 1 atom stereocenters. The van der Waals surface area contributed by atoms with Gasteiger partial charge in [0.2, 0.25) is 5.91 Å². The van der Waals surface area contributed by atoms with Crippen LogP contribution in [0.25, 0.3) is 0 Å². The highest BCUT2D eigenvalue weighted by Gasteiger charge is 2.18. The van der Waals surface area contributed by atoms with Crippen LogP contribution < -0.4 is 5.32 Å². The fourth-order valence-electron chi connectivity index (χ4n) is 2.18. The number of pyridine rings is 1. The molecule has 1 aromatic carbocycles. The van der Waals surface area contributed by atoms with Crippen LogP contribution in [0.5, 0.6) is 0 Å². The summed E-state index contributed by atoms with van der Waals surface area (Å²) in [5, 5.41) is 3.17. The molecule has 6 heteroatoms. The average Bonchev–Trinajstić information content (AvgIpc) is 2.54. The van der Waals surface area contributed by atoms with Gasteiger partial charge in [-0.1, -0.05) is 47.5 Å². The van der Waals surface area contributed by atoms with Crippen molar-refractivity contribution < 1.29 is 14.3 Å². The second-order valence-electron chi connectivity index (χ2n) is 5.52. The number of carbonyl (C=O) groups is 2. The zero-order valence-corrected chi connectivity index (χ0v) is 14.3. The molecule has 1 heterocycles. The van der Waals surface area contributed by atoms with E-state index in [2.05, 4.69) is 10.3 Å². The zero-order chi connectivity index (χ0) is 17.5. The molecular formula is C18H19ClN2O3. The molecule has 0 aliphatic heterocycles. The van der Waals surface area contributed by atoms with Crippen LogP contribution >= 0.6 is 11.6 Å². The first-order chi connectivity index (χ1) is 11.4. The van der Waals surface area contributed by atoms with E-state index in [0.717, 1.165) is 16.7 Å². The molecular weight excluding hydrogens is 328 g/mol. The van der Waals surface area contributed by atoms with Crippen LogP contribution in [0, 0.1) is 6.92 Å². The molecule has 0 saturated heterocycles. The van der Waals surface area contributed by atoms with Crippen LogP contribution in [-0.2, 0) is 20.9 Å². The highest BCUT2D eigenvalue weighted by Crippen LogP contribution is 2.18. The normalized spacial score (nSPS) is 11.6. The topological polar surface area (TPSA) is 68.3 Å². The van der Waals surface area contributed by atoms with E-state index in [9.17, 15) is 9.59 Å². The number of esters is 1. The summed E-state index contributed by atoms with van der Waals surface area (Å²) in [6.07, 6.45) is 1.62. The van der Waals surface area contributed by atoms with Crippen LogP contribution in [0.3, 0.4) is 0 Å². The van der Waals surface area contributed by atoms with Gasteiger partial charge < -0.3 is 10.1 Å². The summed E-state index contributed by atoms with van der Waals surface area (Å²) in [5.41, 5.74) is 2.72. The van der Waals surface area contributed by atoms with Gasteiger partial charge in [-0.05, 0) is 18.6 Å². The van der Waals surface area contributed by atoms with Crippen LogP contribution in [0.2, 0.25) is 5.15 Å². The highest BCUT2D eigenvalue weighted by molar-refractivity contribution is 6.29. The van der Waals surface area contributed by atoms with E-state index in [0.29, 0.717) is 5.15 Å². The van der Waals surface area contributed by atoms with Crippen molar-refractivity contribution in [1.82, 2.24) is 10.3 Å². The molecule has 126 valence electrons. The molecule has 0 aliphatic rings. The summed E-state index contributed by atoms with van der Waals surface area (Å²) in [7, 11) is 0. The fourth-order valence-corrected chi connectivity index (χ4v) is 2.29. The Hall–Kier alpha value is -2.40. The lowest BCUT2D eigenvalue weighted by Gasteiger charge is -2.18. The molecule has 0 fully saturated rings. The molecule has 1 N–H and O–H groups in total. The predicted molar refractivity (Wildman–Crippen MR) is 91.4 cm³/mol. The predicted octanol–water partition coefficient (Wildman–Crippen LogP) is 3.35. The number of nitrogens with zero attached hydrogens (tertiary/aromatic N) is 1. The molecule has 2 rings (SSSR count). The smallest absolute Gasteiger partial charge is 0.308 e. The number of rotatable bonds is 6. The summed E-state index contributed by atoms with van der Waals surface area (Å²) < 4.78 is 5.25. The Morgan fingerprint density at radius 2 is 1.92 bits per heavy atom. The number of hydrogen-bond donors (Lipinski definition) is 1. The third-order valence-corrected chi connectivity index (χ3v) is 3.64. The van der Waals surface area contributed by atoms with Crippen molar-refractivity contribution in [2.45, 2.75) is 32.9 Å². The lowest BCUT2D eigenvalue weighted by Crippen LogP contribution is -2.28. The zero-order valence-electron chi connectivity index (χ0n) is 13.6. The summed E-state index contributed by atoms with van der Waals surface area (Å²) in [6, 6.07) is 10.6. The number of benzene rings is 1.